The number of ether oxygens (including phenoxy) is 2. The summed E-state index contributed by atoms with van der Waals surface area (Å²) >= 11 is 0. The molecule has 0 aromatic heterocycles. The van der Waals surface area contributed by atoms with Gasteiger partial charge in [-0.25, -0.2) is 0 Å². The van der Waals surface area contributed by atoms with Crippen LogP contribution in [0.2, 0.25) is 0 Å². The smallest absolute Gasteiger partial charge is 0.169 e. The fourth-order valence-corrected chi connectivity index (χ4v) is 1.32. The lowest BCUT2D eigenvalue weighted by molar-refractivity contribution is 0.0936. The average Bonchev–Trinajstić information content (AvgIpc) is 2.27. The zero-order valence-corrected chi connectivity index (χ0v) is 9.53. The Kier molecular flexibility index (Phi) is 3.72. The number of carbonyl (C=O) groups is 1. The predicted molar refractivity (Wildman–Crippen MR) is 58.7 cm³/mol. The van der Waals surface area contributed by atoms with E-state index in [2.05, 4.69) is 0 Å². The number of hydrogen-bond acceptors (Lipinski definition) is 3. The van der Waals surface area contributed by atoms with Crippen molar-refractivity contribution in [2.75, 3.05) is 14.2 Å². The summed E-state index contributed by atoms with van der Waals surface area (Å²) in [7, 11) is 3.13. The summed E-state index contributed by atoms with van der Waals surface area (Å²) in [6.45, 7) is 3.72. The second kappa shape index (κ2) is 4.82. The number of rotatable bonds is 4. The van der Waals surface area contributed by atoms with Crippen molar-refractivity contribution in [3.63, 3.8) is 0 Å². The van der Waals surface area contributed by atoms with Crippen LogP contribution in [0.1, 0.15) is 24.2 Å². The van der Waals surface area contributed by atoms with Crippen molar-refractivity contribution in [1.29, 1.82) is 0 Å². The van der Waals surface area contributed by atoms with E-state index in [1.807, 2.05) is 13.8 Å². The van der Waals surface area contributed by atoms with E-state index in [4.69, 9.17) is 9.47 Å². The molecule has 0 unspecified atom stereocenters. The molecule has 15 heavy (non-hydrogen) atoms. The van der Waals surface area contributed by atoms with Gasteiger partial charge in [-0.3, -0.25) is 4.79 Å². The molecule has 0 heterocycles. The number of hydrogen-bond donors (Lipinski definition) is 0. The molecule has 0 atom stereocenters. The highest BCUT2D eigenvalue weighted by molar-refractivity contribution is 6.00. The van der Waals surface area contributed by atoms with Gasteiger partial charge in [0.1, 0.15) is 11.5 Å². The molecule has 0 bridgehead atoms. The molecule has 1 aromatic carbocycles. The summed E-state index contributed by atoms with van der Waals surface area (Å²) in [6, 6.07) is 5.23. The third-order valence-electron chi connectivity index (χ3n) is 2.20. The van der Waals surface area contributed by atoms with Crippen molar-refractivity contribution in [3.05, 3.63) is 23.8 Å². The first-order chi connectivity index (χ1) is 7.10. The van der Waals surface area contributed by atoms with Crippen molar-refractivity contribution >= 4 is 5.78 Å². The van der Waals surface area contributed by atoms with E-state index in [1.165, 1.54) is 0 Å². The maximum absolute atomic E-state index is 11.9. The van der Waals surface area contributed by atoms with Crippen molar-refractivity contribution in [2.24, 2.45) is 5.92 Å². The number of benzene rings is 1. The van der Waals surface area contributed by atoms with Crippen LogP contribution in [0, 0.1) is 5.92 Å². The van der Waals surface area contributed by atoms with E-state index in [0.717, 1.165) is 0 Å². The van der Waals surface area contributed by atoms with Gasteiger partial charge >= 0.3 is 0 Å². The molecule has 0 spiro atoms. The number of carbonyl (C=O) groups excluding carboxylic acids is 1. The van der Waals surface area contributed by atoms with Crippen molar-refractivity contribution < 1.29 is 14.3 Å². The van der Waals surface area contributed by atoms with E-state index in [0.29, 0.717) is 17.1 Å². The Morgan fingerprint density at radius 1 is 1.20 bits per heavy atom. The number of methoxy groups -OCH3 is 2. The van der Waals surface area contributed by atoms with Crippen LogP contribution in [-0.2, 0) is 0 Å². The van der Waals surface area contributed by atoms with Gasteiger partial charge in [0, 0.05) is 5.92 Å². The lowest BCUT2D eigenvalue weighted by Crippen LogP contribution is -2.09. The Hall–Kier alpha value is -1.51. The highest BCUT2D eigenvalue weighted by Crippen LogP contribution is 2.26. The minimum absolute atomic E-state index is 0.0500. The summed E-state index contributed by atoms with van der Waals surface area (Å²) < 4.78 is 10.2. The van der Waals surface area contributed by atoms with Gasteiger partial charge in [0.05, 0.1) is 19.8 Å². The van der Waals surface area contributed by atoms with Crippen molar-refractivity contribution in [1.82, 2.24) is 0 Å². The molecular weight excluding hydrogens is 192 g/mol. The van der Waals surface area contributed by atoms with E-state index < -0.39 is 0 Å². The Bertz CT molecular complexity index is 356. The standard InChI is InChI=1S/C12H16O3/c1-8(2)12(13)10-7-9(14-3)5-6-11(10)15-4/h5-8H,1-4H3. The summed E-state index contributed by atoms with van der Waals surface area (Å²) in [5, 5.41) is 0. The van der Waals surface area contributed by atoms with Crippen LogP contribution in [0.25, 0.3) is 0 Å². The van der Waals surface area contributed by atoms with Gasteiger partial charge in [-0.1, -0.05) is 13.8 Å². The molecule has 0 radical (unpaired) electrons. The van der Waals surface area contributed by atoms with Gasteiger partial charge in [0.15, 0.2) is 5.78 Å². The van der Waals surface area contributed by atoms with Gasteiger partial charge < -0.3 is 9.47 Å². The van der Waals surface area contributed by atoms with Gasteiger partial charge in [-0.15, -0.1) is 0 Å². The molecule has 3 heteroatoms. The van der Waals surface area contributed by atoms with Gasteiger partial charge in [0.25, 0.3) is 0 Å². The van der Waals surface area contributed by atoms with Crippen molar-refractivity contribution in [2.45, 2.75) is 13.8 Å². The molecule has 0 saturated carbocycles. The summed E-state index contributed by atoms with van der Waals surface area (Å²) in [4.78, 5) is 11.9. The monoisotopic (exact) mass is 208 g/mol. The van der Waals surface area contributed by atoms with Crippen LogP contribution < -0.4 is 9.47 Å². The summed E-state index contributed by atoms with van der Waals surface area (Å²) in [6.07, 6.45) is 0. The fourth-order valence-electron chi connectivity index (χ4n) is 1.32. The lowest BCUT2D eigenvalue weighted by Gasteiger charge is -2.11. The number of Topliss-reactive ketones (excluding diaryl/α,β-unsaturated/α-hetero) is 1. The highest BCUT2D eigenvalue weighted by atomic mass is 16.5. The topological polar surface area (TPSA) is 35.5 Å². The maximum Gasteiger partial charge on any atom is 0.169 e. The third kappa shape index (κ3) is 2.49. The Morgan fingerprint density at radius 2 is 1.87 bits per heavy atom. The molecule has 0 aliphatic rings. The van der Waals surface area contributed by atoms with E-state index in [9.17, 15) is 4.79 Å². The highest BCUT2D eigenvalue weighted by Gasteiger charge is 2.16. The van der Waals surface area contributed by atoms with Crippen LogP contribution in [0.4, 0.5) is 0 Å². The first kappa shape index (κ1) is 11.6. The second-order valence-corrected chi connectivity index (χ2v) is 3.59. The molecule has 0 aliphatic heterocycles. The van der Waals surface area contributed by atoms with Gasteiger partial charge in [-0.2, -0.15) is 0 Å². The quantitative estimate of drug-likeness (QED) is 0.713. The lowest BCUT2D eigenvalue weighted by atomic mass is 10.00. The van der Waals surface area contributed by atoms with Crippen molar-refractivity contribution in [3.8, 4) is 11.5 Å². The second-order valence-electron chi connectivity index (χ2n) is 3.59. The first-order valence-electron chi connectivity index (χ1n) is 4.86. The predicted octanol–water partition coefficient (Wildman–Crippen LogP) is 2.54. The van der Waals surface area contributed by atoms with Crippen LogP contribution >= 0.6 is 0 Å². The van der Waals surface area contributed by atoms with Gasteiger partial charge in [-0.05, 0) is 18.2 Å². The molecule has 0 amide bonds. The van der Waals surface area contributed by atoms with Gasteiger partial charge in [0.2, 0.25) is 0 Å². The minimum Gasteiger partial charge on any atom is -0.497 e. The molecule has 0 saturated heterocycles. The van der Waals surface area contributed by atoms with Crippen LogP contribution in [0.3, 0.4) is 0 Å². The van der Waals surface area contributed by atoms with Crippen LogP contribution in [0.15, 0.2) is 18.2 Å². The molecule has 0 N–H and O–H groups in total. The molecule has 1 aromatic rings. The minimum atomic E-state index is -0.0500. The Morgan fingerprint density at radius 3 is 2.33 bits per heavy atom. The molecule has 1 rings (SSSR count). The van der Waals surface area contributed by atoms with Crippen LogP contribution in [0.5, 0.6) is 11.5 Å². The molecule has 0 fully saturated rings. The number of ketones is 1. The average molecular weight is 208 g/mol. The maximum atomic E-state index is 11.9. The first-order valence-corrected chi connectivity index (χ1v) is 4.86. The third-order valence-corrected chi connectivity index (χ3v) is 2.20. The fraction of sp³-hybridized carbons (Fsp3) is 0.417. The van der Waals surface area contributed by atoms with E-state index in [1.54, 1.807) is 32.4 Å². The SMILES string of the molecule is COc1ccc(OC)c(C(=O)C(C)C)c1. The van der Waals surface area contributed by atoms with Crippen LogP contribution in [-0.4, -0.2) is 20.0 Å². The zero-order chi connectivity index (χ0) is 11.4. The van der Waals surface area contributed by atoms with E-state index >= 15 is 0 Å². The largest absolute Gasteiger partial charge is 0.497 e. The summed E-state index contributed by atoms with van der Waals surface area (Å²) in [5.74, 6) is 1.27. The summed E-state index contributed by atoms with van der Waals surface area (Å²) in [5.41, 5.74) is 0.576. The molecular formula is C12H16O3. The molecule has 3 nitrogen and oxygen atoms in total. The van der Waals surface area contributed by atoms with E-state index in [-0.39, 0.29) is 11.7 Å². The molecule has 0 aliphatic carbocycles. The Labute approximate surface area is 90.0 Å². The normalized spacial score (nSPS) is 10.2. The molecule has 82 valence electrons. The Balaban J connectivity index is 3.17. The zero-order valence-electron chi connectivity index (χ0n) is 9.53.